The molecule has 1 atom stereocenters. The number of rotatable bonds is 5. The van der Waals surface area contributed by atoms with Gasteiger partial charge in [-0.15, -0.1) is 11.3 Å². The van der Waals surface area contributed by atoms with E-state index in [0.29, 0.717) is 6.54 Å². The molecule has 138 valence electrons. The van der Waals surface area contributed by atoms with E-state index < -0.39 is 5.60 Å². The Bertz CT molecular complexity index is 727. The number of anilines is 1. The lowest BCUT2D eigenvalue weighted by Gasteiger charge is -2.37. The summed E-state index contributed by atoms with van der Waals surface area (Å²) in [6, 6.07) is 13.7. The molecule has 4 rings (SSSR count). The minimum atomic E-state index is -0.672. The molecule has 0 saturated carbocycles. The third-order valence-electron chi connectivity index (χ3n) is 5.37. The first-order chi connectivity index (χ1) is 12.6. The van der Waals surface area contributed by atoms with Gasteiger partial charge in [0.05, 0.1) is 6.54 Å². The zero-order chi connectivity index (χ0) is 18.0. The van der Waals surface area contributed by atoms with Crippen LogP contribution >= 0.6 is 11.3 Å². The summed E-state index contributed by atoms with van der Waals surface area (Å²) in [5.74, 6) is 0. The Labute approximate surface area is 157 Å². The molecule has 2 fully saturated rings. The second-order valence-corrected chi connectivity index (χ2v) is 8.04. The fourth-order valence-electron chi connectivity index (χ4n) is 3.75. The number of thiophene rings is 1. The predicted octanol–water partition coefficient (Wildman–Crippen LogP) is 3.45. The van der Waals surface area contributed by atoms with E-state index in [9.17, 15) is 9.90 Å². The molecule has 1 aromatic heterocycles. The van der Waals surface area contributed by atoms with Crippen LogP contribution in [-0.2, 0) is 10.3 Å². The van der Waals surface area contributed by atoms with Crippen molar-refractivity contribution in [2.24, 2.45) is 0 Å². The number of hydrogen-bond acceptors (Lipinski definition) is 5. The molecule has 2 aromatic rings. The molecule has 1 aromatic carbocycles. The number of hydrogen-bond donors (Lipinski definition) is 1. The SMILES string of the molecule is O=C1OC(CCN2CCC(O)(c3cccs3)CC2)CN1c1ccccc1. The van der Waals surface area contributed by atoms with Crippen molar-refractivity contribution in [3.8, 4) is 0 Å². The highest BCUT2D eigenvalue weighted by Gasteiger charge is 2.36. The zero-order valence-electron chi connectivity index (χ0n) is 14.7. The highest BCUT2D eigenvalue weighted by molar-refractivity contribution is 7.10. The van der Waals surface area contributed by atoms with Crippen LogP contribution in [0.15, 0.2) is 47.8 Å². The fraction of sp³-hybridized carbons (Fsp3) is 0.450. The van der Waals surface area contributed by atoms with Crippen LogP contribution in [0.2, 0.25) is 0 Å². The van der Waals surface area contributed by atoms with Crippen LogP contribution in [0.5, 0.6) is 0 Å². The van der Waals surface area contributed by atoms with E-state index in [2.05, 4.69) is 4.90 Å². The summed E-state index contributed by atoms with van der Waals surface area (Å²) >= 11 is 1.63. The van der Waals surface area contributed by atoms with E-state index in [1.165, 1.54) is 0 Å². The second-order valence-electron chi connectivity index (χ2n) is 7.09. The quantitative estimate of drug-likeness (QED) is 0.873. The molecule has 2 aliphatic rings. The Hall–Kier alpha value is -1.89. The highest BCUT2D eigenvalue weighted by atomic mass is 32.1. The van der Waals surface area contributed by atoms with Gasteiger partial charge in [0, 0.05) is 30.2 Å². The maximum absolute atomic E-state index is 12.1. The summed E-state index contributed by atoms with van der Waals surface area (Å²) in [5.41, 5.74) is 0.216. The number of likely N-dealkylation sites (tertiary alicyclic amines) is 1. The van der Waals surface area contributed by atoms with Crippen LogP contribution in [0.4, 0.5) is 10.5 Å². The van der Waals surface area contributed by atoms with E-state index in [1.54, 1.807) is 16.2 Å². The first-order valence-corrected chi connectivity index (χ1v) is 10.0. The van der Waals surface area contributed by atoms with Gasteiger partial charge in [-0.05, 0) is 42.8 Å². The number of cyclic esters (lactones) is 1. The third kappa shape index (κ3) is 3.63. The van der Waals surface area contributed by atoms with Crippen LogP contribution in [0, 0.1) is 0 Å². The van der Waals surface area contributed by atoms with Crippen molar-refractivity contribution in [2.75, 3.05) is 31.1 Å². The molecule has 1 N–H and O–H groups in total. The van der Waals surface area contributed by atoms with Crippen LogP contribution < -0.4 is 4.90 Å². The topological polar surface area (TPSA) is 53.0 Å². The van der Waals surface area contributed by atoms with Crippen molar-refractivity contribution >= 4 is 23.1 Å². The van der Waals surface area contributed by atoms with Gasteiger partial charge in [-0.1, -0.05) is 24.3 Å². The summed E-state index contributed by atoms with van der Waals surface area (Å²) in [5, 5.41) is 12.9. The first kappa shape index (κ1) is 17.5. The van der Waals surface area contributed by atoms with Gasteiger partial charge >= 0.3 is 6.09 Å². The highest BCUT2D eigenvalue weighted by Crippen LogP contribution is 2.35. The number of aliphatic hydroxyl groups is 1. The van der Waals surface area contributed by atoms with Crippen molar-refractivity contribution < 1.29 is 14.6 Å². The van der Waals surface area contributed by atoms with Crippen molar-refractivity contribution in [3.05, 3.63) is 52.7 Å². The van der Waals surface area contributed by atoms with Crippen molar-refractivity contribution in [3.63, 3.8) is 0 Å². The number of ether oxygens (including phenoxy) is 1. The molecule has 0 radical (unpaired) electrons. The average Bonchev–Trinajstić information content (AvgIpc) is 3.32. The van der Waals surface area contributed by atoms with Crippen molar-refractivity contribution in [2.45, 2.75) is 31.0 Å². The number of benzene rings is 1. The normalized spacial score (nSPS) is 23.2. The summed E-state index contributed by atoms with van der Waals surface area (Å²) in [6.07, 6.45) is 2.02. The van der Waals surface area contributed by atoms with E-state index in [4.69, 9.17) is 4.74 Å². The summed E-state index contributed by atoms with van der Waals surface area (Å²) in [6.45, 7) is 3.24. The van der Waals surface area contributed by atoms with Gasteiger partial charge in [-0.2, -0.15) is 0 Å². The minimum absolute atomic E-state index is 0.0687. The lowest BCUT2D eigenvalue weighted by Crippen LogP contribution is -2.43. The number of carbonyl (C=O) groups excluding carboxylic acids is 1. The Balaban J connectivity index is 1.26. The number of nitrogens with zero attached hydrogens (tertiary/aromatic N) is 2. The van der Waals surface area contributed by atoms with Gasteiger partial charge in [0.1, 0.15) is 11.7 Å². The average molecular weight is 372 g/mol. The fourth-order valence-corrected chi connectivity index (χ4v) is 4.64. The largest absolute Gasteiger partial charge is 0.444 e. The van der Waals surface area contributed by atoms with Crippen LogP contribution in [0.25, 0.3) is 0 Å². The smallest absolute Gasteiger partial charge is 0.414 e. The number of piperidine rings is 1. The van der Waals surface area contributed by atoms with Gasteiger partial charge in [0.2, 0.25) is 0 Å². The molecule has 5 nitrogen and oxygen atoms in total. The first-order valence-electron chi connectivity index (χ1n) is 9.16. The van der Waals surface area contributed by atoms with Gasteiger partial charge in [0.15, 0.2) is 0 Å². The zero-order valence-corrected chi connectivity index (χ0v) is 15.5. The summed E-state index contributed by atoms with van der Waals surface area (Å²) in [7, 11) is 0. The lowest BCUT2D eigenvalue weighted by molar-refractivity contribution is -0.0246. The molecule has 6 heteroatoms. The second kappa shape index (κ2) is 7.39. The van der Waals surface area contributed by atoms with E-state index in [0.717, 1.165) is 49.5 Å². The molecule has 1 unspecified atom stereocenters. The van der Waals surface area contributed by atoms with Gasteiger partial charge in [-0.3, -0.25) is 4.90 Å². The maximum atomic E-state index is 12.1. The number of amides is 1. The Morgan fingerprint density at radius 1 is 1.15 bits per heavy atom. The van der Waals surface area contributed by atoms with E-state index in [-0.39, 0.29) is 12.2 Å². The van der Waals surface area contributed by atoms with Gasteiger partial charge < -0.3 is 14.7 Å². The lowest BCUT2D eigenvalue weighted by atomic mass is 9.90. The Morgan fingerprint density at radius 3 is 2.62 bits per heavy atom. The molecule has 1 amide bonds. The third-order valence-corrected chi connectivity index (χ3v) is 6.44. The molecular weight excluding hydrogens is 348 g/mol. The summed E-state index contributed by atoms with van der Waals surface area (Å²) in [4.78, 5) is 17.2. The van der Waals surface area contributed by atoms with Crippen LogP contribution in [0.1, 0.15) is 24.1 Å². The van der Waals surface area contributed by atoms with E-state index in [1.807, 2.05) is 47.8 Å². The van der Waals surface area contributed by atoms with Crippen molar-refractivity contribution in [1.82, 2.24) is 4.90 Å². The number of para-hydroxylation sites is 1. The molecule has 2 aliphatic heterocycles. The van der Waals surface area contributed by atoms with Gasteiger partial charge in [-0.25, -0.2) is 4.79 Å². The molecular formula is C20H24N2O3S. The Morgan fingerprint density at radius 2 is 1.92 bits per heavy atom. The number of carbonyl (C=O) groups is 1. The molecule has 26 heavy (non-hydrogen) atoms. The predicted molar refractivity (Wildman–Crippen MR) is 103 cm³/mol. The maximum Gasteiger partial charge on any atom is 0.414 e. The van der Waals surface area contributed by atoms with Crippen molar-refractivity contribution in [1.29, 1.82) is 0 Å². The Kier molecular flexibility index (Phi) is 4.98. The minimum Gasteiger partial charge on any atom is -0.444 e. The van der Waals surface area contributed by atoms with E-state index >= 15 is 0 Å². The van der Waals surface area contributed by atoms with Crippen LogP contribution in [-0.4, -0.2) is 48.4 Å². The molecule has 0 spiro atoms. The molecule has 0 bridgehead atoms. The molecule has 0 aliphatic carbocycles. The summed E-state index contributed by atoms with van der Waals surface area (Å²) < 4.78 is 5.53. The monoisotopic (exact) mass is 372 g/mol. The molecule has 3 heterocycles. The standard InChI is InChI=1S/C20H24N2O3S/c23-19-22(16-5-2-1-3-6-16)15-17(25-19)8-11-21-12-9-20(24,10-13-21)18-7-4-14-26-18/h1-7,14,17,24H,8-13,15H2. The molecule has 2 saturated heterocycles. The van der Waals surface area contributed by atoms with Gasteiger partial charge in [0.25, 0.3) is 0 Å². The van der Waals surface area contributed by atoms with Crippen LogP contribution in [0.3, 0.4) is 0 Å².